The minimum Gasteiger partial charge on any atom is -0.360 e. The zero-order valence-corrected chi connectivity index (χ0v) is 7.07. The number of aromatic nitrogens is 1. The van der Waals surface area contributed by atoms with Crippen LogP contribution in [0, 0.1) is 0 Å². The van der Waals surface area contributed by atoms with E-state index in [2.05, 4.69) is 10.5 Å². The van der Waals surface area contributed by atoms with Crippen molar-refractivity contribution in [1.29, 1.82) is 0 Å². The lowest BCUT2D eigenvalue weighted by Gasteiger charge is -2.09. The van der Waals surface area contributed by atoms with Crippen molar-refractivity contribution in [1.82, 2.24) is 15.4 Å². The van der Waals surface area contributed by atoms with Gasteiger partial charge >= 0.3 is 6.03 Å². The van der Waals surface area contributed by atoms with Crippen molar-refractivity contribution in [2.75, 3.05) is 14.1 Å². The summed E-state index contributed by atoms with van der Waals surface area (Å²) in [6.07, 6.45) is 1.54. The topological polar surface area (TPSA) is 58.4 Å². The monoisotopic (exact) mass is 169 g/mol. The van der Waals surface area contributed by atoms with Crippen LogP contribution in [0.1, 0.15) is 5.76 Å². The smallest absolute Gasteiger partial charge is 0.317 e. The maximum atomic E-state index is 11.0. The lowest BCUT2D eigenvalue weighted by Crippen LogP contribution is -2.33. The fraction of sp³-hybridized carbons (Fsp3) is 0.429. The molecule has 0 unspecified atom stereocenters. The molecule has 2 amide bonds. The first-order valence-corrected chi connectivity index (χ1v) is 3.55. The molecular formula is C7H11N3O2. The van der Waals surface area contributed by atoms with Gasteiger partial charge in [0, 0.05) is 20.2 Å². The Kier molecular flexibility index (Phi) is 2.68. The molecule has 1 rings (SSSR count). The van der Waals surface area contributed by atoms with E-state index in [9.17, 15) is 4.79 Å². The molecule has 0 fully saturated rings. The van der Waals surface area contributed by atoms with Gasteiger partial charge in [-0.15, -0.1) is 0 Å². The van der Waals surface area contributed by atoms with E-state index in [-0.39, 0.29) is 6.03 Å². The van der Waals surface area contributed by atoms with Gasteiger partial charge in [0.2, 0.25) is 0 Å². The summed E-state index contributed by atoms with van der Waals surface area (Å²) in [6.45, 7) is 0.372. The van der Waals surface area contributed by atoms with E-state index in [4.69, 9.17) is 4.52 Å². The Bertz CT molecular complexity index is 243. The first-order valence-electron chi connectivity index (χ1n) is 3.55. The van der Waals surface area contributed by atoms with E-state index < -0.39 is 0 Å². The molecule has 0 aromatic carbocycles. The average Bonchev–Trinajstić information content (AvgIpc) is 2.51. The number of carbonyl (C=O) groups excluding carboxylic acids is 1. The van der Waals surface area contributed by atoms with E-state index in [0.717, 1.165) is 0 Å². The van der Waals surface area contributed by atoms with Gasteiger partial charge in [-0.05, 0) is 0 Å². The minimum absolute atomic E-state index is 0.147. The maximum absolute atomic E-state index is 11.0. The quantitative estimate of drug-likeness (QED) is 0.699. The summed E-state index contributed by atoms with van der Waals surface area (Å²) < 4.78 is 4.78. The van der Waals surface area contributed by atoms with Gasteiger partial charge in [-0.2, -0.15) is 0 Å². The maximum Gasteiger partial charge on any atom is 0.317 e. The van der Waals surface area contributed by atoms with Gasteiger partial charge in [-0.1, -0.05) is 5.16 Å². The Hall–Kier alpha value is -1.52. The second kappa shape index (κ2) is 3.75. The zero-order chi connectivity index (χ0) is 8.97. The van der Waals surface area contributed by atoms with Crippen LogP contribution in [-0.2, 0) is 6.54 Å². The van der Waals surface area contributed by atoms with Gasteiger partial charge < -0.3 is 14.7 Å². The van der Waals surface area contributed by atoms with Gasteiger partial charge in [-0.3, -0.25) is 0 Å². The highest BCUT2D eigenvalue weighted by Gasteiger charge is 2.03. The van der Waals surface area contributed by atoms with E-state index in [0.29, 0.717) is 12.3 Å². The number of hydrogen-bond acceptors (Lipinski definition) is 3. The van der Waals surface area contributed by atoms with Gasteiger partial charge in [0.15, 0.2) is 5.76 Å². The standard InChI is InChI=1S/C7H11N3O2/c1-10(2)7(11)8-5-6-3-4-9-12-6/h3-4H,5H2,1-2H3,(H,8,11). The predicted molar refractivity (Wildman–Crippen MR) is 42.4 cm³/mol. The molecule has 1 heterocycles. The van der Waals surface area contributed by atoms with Gasteiger partial charge in [-0.25, -0.2) is 4.79 Å². The number of nitrogens with one attached hydrogen (secondary N) is 1. The largest absolute Gasteiger partial charge is 0.360 e. The fourth-order valence-electron chi connectivity index (χ4n) is 0.654. The number of urea groups is 1. The molecule has 0 aliphatic heterocycles. The second-order valence-electron chi connectivity index (χ2n) is 2.53. The normalized spacial score (nSPS) is 9.50. The molecule has 66 valence electrons. The molecule has 1 aromatic rings. The van der Waals surface area contributed by atoms with Crippen LogP contribution < -0.4 is 5.32 Å². The predicted octanol–water partition coefficient (Wildman–Crippen LogP) is 0.446. The van der Waals surface area contributed by atoms with Gasteiger partial charge in [0.25, 0.3) is 0 Å². The third-order valence-corrected chi connectivity index (χ3v) is 1.31. The van der Waals surface area contributed by atoms with Crippen LogP contribution in [0.4, 0.5) is 4.79 Å². The van der Waals surface area contributed by atoms with Crippen molar-refractivity contribution in [3.8, 4) is 0 Å². The molecular weight excluding hydrogens is 158 g/mol. The highest BCUT2D eigenvalue weighted by molar-refractivity contribution is 5.73. The fourth-order valence-corrected chi connectivity index (χ4v) is 0.654. The van der Waals surface area contributed by atoms with E-state index in [1.165, 1.54) is 11.1 Å². The number of hydrogen-bond donors (Lipinski definition) is 1. The van der Waals surface area contributed by atoms with Gasteiger partial charge in [0.05, 0.1) is 12.7 Å². The van der Waals surface area contributed by atoms with Crippen LogP contribution in [0.15, 0.2) is 16.8 Å². The van der Waals surface area contributed by atoms with Crippen LogP contribution in [-0.4, -0.2) is 30.2 Å². The second-order valence-corrected chi connectivity index (χ2v) is 2.53. The molecule has 1 aromatic heterocycles. The van der Waals surface area contributed by atoms with Crippen molar-refractivity contribution < 1.29 is 9.32 Å². The number of nitrogens with zero attached hydrogens (tertiary/aromatic N) is 2. The molecule has 0 aliphatic rings. The molecule has 12 heavy (non-hydrogen) atoms. The van der Waals surface area contributed by atoms with Crippen LogP contribution in [0.5, 0.6) is 0 Å². The Labute approximate surface area is 70.3 Å². The summed E-state index contributed by atoms with van der Waals surface area (Å²) in [6, 6.07) is 1.56. The highest BCUT2D eigenvalue weighted by Crippen LogP contribution is 1.94. The highest BCUT2D eigenvalue weighted by atomic mass is 16.5. The minimum atomic E-state index is -0.147. The van der Waals surface area contributed by atoms with E-state index in [1.807, 2.05) is 0 Å². The first-order chi connectivity index (χ1) is 5.70. The Balaban J connectivity index is 2.32. The van der Waals surface area contributed by atoms with Gasteiger partial charge in [0.1, 0.15) is 0 Å². The van der Waals surface area contributed by atoms with Crippen molar-refractivity contribution in [3.63, 3.8) is 0 Å². The number of carbonyl (C=O) groups is 1. The van der Waals surface area contributed by atoms with E-state index in [1.54, 1.807) is 20.2 Å². The number of rotatable bonds is 2. The van der Waals surface area contributed by atoms with Crippen LogP contribution in [0.25, 0.3) is 0 Å². The lowest BCUT2D eigenvalue weighted by atomic mass is 10.4. The molecule has 5 heteroatoms. The number of amides is 2. The SMILES string of the molecule is CN(C)C(=O)NCc1ccno1. The third kappa shape index (κ3) is 2.26. The van der Waals surface area contributed by atoms with Crippen molar-refractivity contribution in [2.24, 2.45) is 0 Å². The van der Waals surface area contributed by atoms with Crippen LogP contribution in [0.3, 0.4) is 0 Å². The van der Waals surface area contributed by atoms with Crippen molar-refractivity contribution in [3.05, 3.63) is 18.0 Å². The molecule has 0 bridgehead atoms. The Morgan fingerprint density at radius 3 is 3.00 bits per heavy atom. The molecule has 1 N–H and O–H groups in total. The summed E-state index contributed by atoms with van der Waals surface area (Å²) in [5, 5.41) is 6.14. The molecule has 0 radical (unpaired) electrons. The zero-order valence-electron chi connectivity index (χ0n) is 7.07. The summed E-state index contributed by atoms with van der Waals surface area (Å²) in [7, 11) is 3.35. The summed E-state index contributed by atoms with van der Waals surface area (Å²) >= 11 is 0. The molecule has 5 nitrogen and oxygen atoms in total. The summed E-state index contributed by atoms with van der Waals surface area (Å²) in [5.74, 6) is 0.644. The van der Waals surface area contributed by atoms with Crippen LogP contribution in [0.2, 0.25) is 0 Å². The van der Waals surface area contributed by atoms with Crippen molar-refractivity contribution >= 4 is 6.03 Å². The Morgan fingerprint density at radius 2 is 2.50 bits per heavy atom. The van der Waals surface area contributed by atoms with E-state index >= 15 is 0 Å². The summed E-state index contributed by atoms with van der Waals surface area (Å²) in [4.78, 5) is 12.4. The average molecular weight is 169 g/mol. The lowest BCUT2D eigenvalue weighted by molar-refractivity contribution is 0.215. The van der Waals surface area contributed by atoms with Crippen LogP contribution >= 0.6 is 0 Å². The first kappa shape index (κ1) is 8.58. The molecule has 0 aliphatic carbocycles. The third-order valence-electron chi connectivity index (χ3n) is 1.31. The van der Waals surface area contributed by atoms with Crippen molar-refractivity contribution in [2.45, 2.75) is 6.54 Å². The molecule has 0 saturated heterocycles. The Morgan fingerprint density at radius 1 is 1.75 bits per heavy atom. The molecule has 0 atom stereocenters. The molecule has 0 spiro atoms. The molecule has 0 saturated carbocycles. The summed E-state index contributed by atoms with van der Waals surface area (Å²) in [5.41, 5.74) is 0.